The first-order valence-electron chi connectivity index (χ1n) is 13.2. The molecular formula is C32H34FN7O. The number of nitriles is 1. The van der Waals surface area contributed by atoms with Crippen molar-refractivity contribution in [3.63, 3.8) is 0 Å². The van der Waals surface area contributed by atoms with Gasteiger partial charge in [-0.2, -0.15) is 5.26 Å². The molecular weight excluding hydrogens is 517 g/mol. The summed E-state index contributed by atoms with van der Waals surface area (Å²) in [6.07, 6.45) is 5.36. The summed E-state index contributed by atoms with van der Waals surface area (Å²) in [4.78, 5) is 19.6. The molecule has 0 aliphatic carbocycles. The Balaban J connectivity index is 0.000000352. The van der Waals surface area contributed by atoms with E-state index < -0.39 is 0 Å². The number of pyridine rings is 2. The summed E-state index contributed by atoms with van der Waals surface area (Å²) in [5, 5.41) is 23.3. The van der Waals surface area contributed by atoms with Crippen molar-refractivity contribution in [3.8, 4) is 17.2 Å². The average Bonchev–Trinajstić information content (AvgIpc) is 3.01. The van der Waals surface area contributed by atoms with Crippen LogP contribution in [0.1, 0.15) is 65.3 Å². The highest BCUT2D eigenvalue weighted by Gasteiger charge is 2.10. The first-order valence-corrected chi connectivity index (χ1v) is 13.2. The minimum absolute atomic E-state index is 0.183. The number of halogens is 1. The van der Waals surface area contributed by atoms with Crippen molar-refractivity contribution in [2.75, 3.05) is 18.1 Å². The van der Waals surface area contributed by atoms with Gasteiger partial charge in [-0.25, -0.2) is 14.4 Å². The molecule has 8 nitrogen and oxygen atoms in total. The average molecular weight is 552 g/mol. The Bertz CT molecular complexity index is 1510. The van der Waals surface area contributed by atoms with Crippen molar-refractivity contribution in [1.29, 1.82) is 10.7 Å². The SMILES string of the molecule is CCCC(=N)c1cc(-c2ccc(CNc3ncc(C#N)cc3C=O)cc2)cnc1N.CN[C@@H](C)c1ccc(F)cc1. The Kier molecular flexibility index (Phi) is 11.2. The van der Waals surface area contributed by atoms with Crippen LogP contribution in [0.4, 0.5) is 16.0 Å². The molecule has 2 aromatic carbocycles. The third kappa shape index (κ3) is 8.52. The van der Waals surface area contributed by atoms with Crippen LogP contribution in [0.15, 0.2) is 73.1 Å². The number of aromatic nitrogens is 2. The zero-order valence-electron chi connectivity index (χ0n) is 23.4. The van der Waals surface area contributed by atoms with Crippen LogP contribution in [-0.4, -0.2) is 29.0 Å². The maximum atomic E-state index is 12.4. The molecule has 0 amide bonds. The number of hydrogen-bond donors (Lipinski definition) is 4. The van der Waals surface area contributed by atoms with Crippen molar-refractivity contribution in [1.82, 2.24) is 15.3 Å². The second-order valence-electron chi connectivity index (χ2n) is 9.39. The summed E-state index contributed by atoms with van der Waals surface area (Å²) >= 11 is 0. The van der Waals surface area contributed by atoms with Crippen LogP contribution < -0.4 is 16.4 Å². The second kappa shape index (κ2) is 15.0. The molecule has 0 spiro atoms. The molecule has 0 aliphatic heterocycles. The lowest BCUT2D eigenvalue weighted by atomic mass is 10.0. The third-order valence-electron chi connectivity index (χ3n) is 6.47. The zero-order chi connectivity index (χ0) is 29.8. The number of nitrogens with two attached hydrogens (primary N) is 1. The second-order valence-corrected chi connectivity index (χ2v) is 9.39. The van der Waals surface area contributed by atoms with Crippen LogP contribution in [0.5, 0.6) is 0 Å². The maximum absolute atomic E-state index is 12.4. The highest BCUT2D eigenvalue weighted by molar-refractivity contribution is 6.02. The van der Waals surface area contributed by atoms with Crippen LogP contribution in [-0.2, 0) is 6.54 Å². The number of anilines is 2. The number of carbonyl (C=O) groups is 1. The fourth-order valence-electron chi connectivity index (χ4n) is 3.96. The molecule has 210 valence electrons. The highest BCUT2D eigenvalue weighted by atomic mass is 19.1. The van der Waals surface area contributed by atoms with Gasteiger partial charge in [-0.05, 0) is 61.3 Å². The topological polar surface area (TPSA) is 141 Å². The van der Waals surface area contributed by atoms with E-state index in [4.69, 9.17) is 16.4 Å². The van der Waals surface area contributed by atoms with Gasteiger partial charge in [0.05, 0.1) is 11.1 Å². The van der Waals surface area contributed by atoms with Gasteiger partial charge >= 0.3 is 0 Å². The van der Waals surface area contributed by atoms with Crippen molar-refractivity contribution >= 4 is 23.6 Å². The molecule has 5 N–H and O–H groups in total. The molecule has 4 aromatic rings. The molecule has 2 aromatic heterocycles. The van der Waals surface area contributed by atoms with Gasteiger partial charge in [-0.15, -0.1) is 0 Å². The number of nitrogens with zero attached hydrogens (tertiary/aromatic N) is 3. The lowest BCUT2D eigenvalue weighted by molar-refractivity contribution is 0.112. The van der Waals surface area contributed by atoms with Crippen molar-refractivity contribution in [2.45, 2.75) is 39.3 Å². The summed E-state index contributed by atoms with van der Waals surface area (Å²) in [6, 6.07) is 20.1. The smallest absolute Gasteiger partial charge is 0.153 e. The van der Waals surface area contributed by atoms with Gasteiger partial charge < -0.3 is 21.8 Å². The Hall–Kier alpha value is -4.94. The van der Waals surface area contributed by atoms with E-state index in [1.54, 1.807) is 18.3 Å². The number of rotatable bonds is 10. The molecule has 4 rings (SSSR count). The van der Waals surface area contributed by atoms with Gasteiger partial charge in [0, 0.05) is 41.8 Å². The predicted octanol–water partition coefficient (Wildman–Crippen LogP) is 6.30. The molecule has 0 saturated carbocycles. The van der Waals surface area contributed by atoms with E-state index >= 15 is 0 Å². The largest absolute Gasteiger partial charge is 0.383 e. The number of nitrogens with one attached hydrogen (secondary N) is 3. The molecule has 2 heterocycles. The zero-order valence-corrected chi connectivity index (χ0v) is 23.4. The quantitative estimate of drug-likeness (QED) is 0.134. The van der Waals surface area contributed by atoms with E-state index in [2.05, 4.69) is 20.6 Å². The minimum atomic E-state index is -0.183. The maximum Gasteiger partial charge on any atom is 0.153 e. The van der Waals surface area contributed by atoms with Crippen LogP contribution in [0.25, 0.3) is 11.1 Å². The van der Waals surface area contributed by atoms with Gasteiger partial charge in [0.1, 0.15) is 23.5 Å². The monoisotopic (exact) mass is 551 g/mol. The number of benzene rings is 2. The Morgan fingerprint density at radius 1 is 1.10 bits per heavy atom. The molecule has 0 saturated heterocycles. The van der Waals surface area contributed by atoms with E-state index in [-0.39, 0.29) is 11.9 Å². The fourth-order valence-corrected chi connectivity index (χ4v) is 3.96. The number of aldehydes is 1. The summed E-state index contributed by atoms with van der Waals surface area (Å²) in [5.74, 6) is 0.630. The Morgan fingerprint density at radius 2 is 1.80 bits per heavy atom. The molecule has 0 bridgehead atoms. The summed E-state index contributed by atoms with van der Waals surface area (Å²) in [6.45, 7) is 4.54. The number of nitrogen functional groups attached to an aromatic ring is 1. The Morgan fingerprint density at radius 3 is 2.41 bits per heavy atom. The molecule has 1 atom stereocenters. The number of carbonyl (C=O) groups excluding carboxylic acids is 1. The lowest BCUT2D eigenvalue weighted by Gasteiger charge is -2.11. The van der Waals surface area contributed by atoms with E-state index in [0.29, 0.717) is 53.3 Å². The predicted molar refractivity (Wildman–Crippen MR) is 161 cm³/mol. The summed E-state index contributed by atoms with van der Waals surface area (Å²) < 4.78 is 12.4. The molecule has 0 aliphatic rings. The first kappa shape index (κ1) is 30.6. The van der Waals surface area contributed by atoms with E-state index in [1.165, 1.54) is 24.4 Å². The van der Waals surface area contributed by atoms with Crippen molar-refractivity contribution in [2.24, 2.45) is 0 Å². The van der Waals surface area contributed by atoms with Crippen molar-refractivity contribution < 1.29 is 9.18 Å². The fraction of sp³-hybridized carbons (Fsp3) is 0.219. The molecule has 0 radical (unpaired) electrons. The van der Waals surface area contributed by atoms with Crippen LogP contribution >= 0.6 is 0 Å². The van der Waals surface area contributed by atoms with Gasteiger partial charge in [0.15, 0.2) is 6.29 Å². The standard InChI is InChI=1S/C23H22N6O.C9H12FN/c1-2-3-21(25)20-9-18(13-27-22(20)26)17-6-4-15(5-7-17)11-28-23-19(14-30)8-16(10-24)12-29-23;1-7(11-2)8-3-5-9(10)6-4-8/h4-9,12-14,25H,2-3,11H2,1H3,(H2,26,27)(H,28,29);3-7,11H,1-2H3/t;7-/m.0/s1. The molecule has 41 heavy (non-hydrogen) atoms. The summed E-state index contributed by atoms with van der Waals surface area (Å²) in [5.41, 5.74) is 11.8. The third-order valence-corrected chi connectivity index (χ3v) is 6.47. The van der Waals surface area contributed by atoms with E-state index in [9.17, 15) is 9.18 Å². The number of hydrogen-bond acceptors (Lipinski definition) is 8. The lowest BCUT2D eigenvalue weighted by Crippen LogP contribution is -2.11. The normalized spacial score (nSPS) is 11.0. The summed E-state index contributed by atoms with van der Waals surface area (Å²) in [7, 11) is 1.88. The first-order chi connectivity index (χ1) is 19.8. The molecule has 0 unspecified atom stereocenters. The minimum Gasteiger partial charge on any atom is -0.383 e. The van der Waals surface area contributed by atoms with E-state index in [0.717, 1.165) is 28.7 Å². The highest BCUT2D eigenvalue weighted by Crippen LogP contribution is 2.24. The van der Waals surface area contributed by atoms with Crippen LogP contribution in [0.2, 0.25) is 0 Å². The molecule has 9 heteroatoms. The van der Waals surface area contributed by atoms with E-state index in [1.807, 2.05) is 57.3 Å². The molecule has 0 fully saturated rings. The Labute approximate surface area is 240 Å². The van der Waals surface area contributed by atoms with Gasteiger partial charge in [0.25, 0.3) is 0 Å². The van der Waals surface area contributed by atoms with Gasteiger partial charge in [0.2, 0.25) is 0 Å². The van der Waals surface area contributed by atoms with Crippen LogP contribution in [0, 0.1) is 22.6 Å². The van der Waals surface area contributed by atoms with Gasteiger partial charge in [-0.3, -0.25) is 4.79 Å². The van der Waals surface area contributed by atoms with Crippen molar-refractivity contribution in [3.05, 3.63) is 107 Å². The van der Waals surface area contributed by atoms with Gasteiger partial charge in [-0.1, -0.05) is 49.7 Å². The van der Waals surface area contributed by atoms with Crippen LogP contribution in [0.3, 0.4) is 0 Å².